The fraction of sp³-hybridized carbons (Fsp3) is 0.458. The lowest BCUT2D eigenvalue weighted by Gasteiger charge is -2.34. The Morgan fingerprint density at radius 1 is 1.03 bits per heavy atom. The topological polar surface area (TPSA) is 40.1 Å². The molecule has 1 saturated heterocycles. The van der Waals surface area contributed by atoms with Crippen molar-refractivity contribution in [2.45, 2.75) is 39.0 Å². The monoisotopic (exact) mass is 522 g/mol. The number of nitrogens with zero attached hydrogens (tertiary/aromatic N) is 3. The zero-order chi connectivity index (χ0) is 20.5. The highest BCUT2D eigenvalue weighted by atomic mass is 127. The van der Waals surface area contributed by atoms with Crippen molar-refractivity contribution in [1.29, 1.82) is 0 Å². The molecule has 5 nitrogen and oxygen atoms in total. The van der Waals surface area contributed by atoms with E-state index in [0.29, 0.717) is 6.54 Å². The quantitative estimate of drug-likeness (QED) is 0.333. The van der Waals surface area contributed by atoms with Crippen LogP contribution in [-0.2, 0) is 13.1 Å². The third kappa shape index (κ3) is 7.80. The molecule has 0 aromatic heterocycles. The molecular weight excluding hydrogens is 487 g/mol. The first-order chi connectivity index (χ1) is 14.1. The van der Waals surface area contributed by atoms with Gasteiger partial charge in [-0.25, -0.2) is 4.99 Å². The average molecular weight is 522 g/mol. The van der Waals surface area contributed by atoms with E-state index in [0.717, 1.165) is 50.7 Å². The van der Waals surface area contributed by atoms with Gasteiger partial charge in [-0.2, -0.15) is 0 Å². The first-order valence-corrected chi connectivity index (χ1v) is 10.6. The van der Waals surface area contributed by atoms with Gasteiger partial charge in [-0.05, 0) is 44.3 Å². The van der Waals surface area contributed by atoms with Crippen molar-refractivity contribution in [3.8, 4) is 5.75 Å². The molecule has 0 unspecified atom stereocenters. The average Bonchev–Trinajstić information content (AvgIpc) is 2.73. The lowest BCUT2D eigenvalue weighted by atomic mass is 10.1. The van der Waals surface area contributed by atoms with Gasteiger partial charge < -0.3 is 19.9 Å². The largest absolute Gasteiger partial charge is 0.490 e. The molecule has 3 rings (SSSR count). The first-order valence-electron chi connectivity index (χ1n) is 10.6. The maximum atomic E-state index is 6.12. The Balaban J connectivity index is 0.00000320. The fourth-order valence-corrected chi connectivity index (χ4v) is 3.58. The minimum atomic E-state index is 0. The molecule has 0 atom stereocenters. The van der Waals surface area contributed by atoms with Crippen LogP contribution in [0, 0.1) is 0 Å². The Morgan fingerprint density at radius 3 is 2.27 bits per heavy atom. The highest BCUT2D eigenvalue weighted by molar-refractivity contribution is 14.0. The van der Waals surface area contributed by atoms with Crippen molar-refractivity contribution in [3.63, 3.8) is 0 Å². The van der Waals surface area contributed by atoms with E-state index in [2.05, 4.69) is 60.4 Å². The third-order valence-electron chi connectivity index (χ3n) is 5.06. The summed E-state index contributed by atoms with van der Waals surface area (Å²) < 4.78 is 6.12. The number of para-hydroxylation sites is 1. The number of guanidine groups is 1. The van der Waals surface area contributed by atoms with Crippen LogP contribution < -0.4 is 10.1 Å². The van der Waals surface area contributed by atoms with Crippen LogP contribution in [-0.4, -0.2) is 55.6 Å². The normalized spacial score (nSPS) is 15.1. The van der Waals surface area contributed by atoms with E-state index in [1.54, 1.807) is 0 Å². The van der Waals surface area contributed by atoms with Crippen molar-refractivity contribution in [1.82, 2.24) is 15.1 Å². The molecule has 0 spiro atoms. The molecule has 6 heteroatoms. The van der Waals surface area contributed by atoms with Gasteiger partial charge in [0.1, 0.15) is 11.9 Å². The van der Waals surface area contributed by atoms with Crippen LogP contribution in [0.5, 0.6) is 5.75 Å². The molecule has 0 saturated carbocycles. The molecule has 2 aromatic carbocycles. The number of likely N-dealkylation sites (tertiary alicyclic amines) is 1. The summed E-state index contributed by atoms with van der Waals surface area (Å²) in [7, 11) is 4.18. The number of hydrogen-bond donors (Lipinski definition) is 1. The maximum Gasteiger partial charge on any atom is 0.194 e. The van der Waals surface area contributed by atoms with E-state index in [9.17, 15) is 0 Å². The second-order valence-corrected chi connectivity index (χ2v) is 7.84. The molecule has 1 heterocycles. The zero-order valence-electron chi connectivity index (χ0n) is 18.4. The Morgan fingerprint density at radius 2 is 1.67 bits per heavy atom. The van der Waals surface area contributed by atoms with Gasteiger partial charge in [0, 0.05) is 39.0 Å². The summed E-state index contributed by atoms with van der Waals surface area (Å²) in [6.45, 7) is 6.59. The fourth-order valence-electron chi connectivity index (χ4n) is 3.58. The second-order valence-electron chi connectivity index (χ2n) is 7.84. The van der Waals surface area contributed by atoms with Crippen LogP contribution in [0.1, 0.15) is 30.9 Å². The van der Waals surface area contributed by atoms with Crippen LogP contribution in [0.15, 0.2) is 59.6 Å². The van der Waals surface area contributed by atoms with Crippen LogP contribution in [0.25, 0.3) is 0 Å². The number of rotatable bonds is 7. The van der Waals surface area contributed by atoms with E-state index >= 15 is 0 Å². The molecular formula is C24H35IN4O. The molecule has 1 aliphatic heterocycles. The van der Waals surface area contributed by atoms with E-state index in [1.165, 1.54) is 11.1 Å². The number of ether oxygens (including phenoxy) is 1. The molecule has 1 N–H and O–H groups in total. The molecule has 1 fully saturated rings. The second kappa shape index (κ2) is 12.8. The molecule has 164 valence electrons. The SMILES string of the molecule is CCNC(=NCc1ccc(CN(C)C)cc1)N1CCC(Oc2ccccc2)CC1.I. The Labute approximate surface area is 198 Å². The number of benzene rings is 2. The van der Waals surface area contributed by atoms with Crippen molar-refractivity contribution in [2.75, 3.05) is 33.7 Å². The van der Waals surface area contributed by atoms with Gasteiger partial charge >= 0.3 is 0 Å². The first kappa shape index (κ1) is 24.5. The van der Waals surface area contributed by atoms with E-state index in [4.69, 9.17) is 9.73 Å². The Hall–Kier alpha value is -1.80. The van der Waals surface area contributed by atoms with Crippen LogP contribution in [0.3, 0.4) is 0 Å². The van der Waals surface area contributed by atoms with Crippen LogP contribution in [0.2, 0.25) is 0 Å². The number of hydrogen-bond acceptors (Lipinski definition) is 3. The van der Waals surface area contributed by atoms with Crippen molar-refractivity contribution in [3.05, 3.63) is 65.7 Å². The maximum absolute atomic E-state index is 6.12. The summed E-state index contributed by atoms with van der Waals surface area (Å²) in [5, 5.41) is 3.45. The van der Waals surface area contributed by atoms with Gasteiger partial charge in [0.05, 0.1) is 6.54 Å². The highest BCUT2D eigenvalue weighted by Gasteiger charge is 2.22. The lowest BCUT2D eigenvalue weighted by Crippen LogP contribution is -2.47. The lowest BCUT2D eigenvalue weighted by molar-refractivity contribution is 0.129. The van der Waals surface area contributed by atoms with E-state index in [-0.39, 0.29) is 30.1 Å². The Kier molecular flexibility index (Phi) is 10.4. The van der Waals surface area contributed by atoms with Gasteiger partial charge in [-0.15, -0.1) is 24.0 Å². The van der Waals surface area contributed by atoms with Crippen LogP contribution in [0.4, 0.5) is 0 Å². The predicted octanol–water partition coefficient (Wildman–Crippen LogP) is 4.38. The summed E-state index contributed by atoms with van der Waals surface area (Å²) in [5.41, 5.74) is 2.57. The highest BCUT2D eigenvalue weighted by Crippen LogP contribution is 2.19. The van der Waals surface area contributed by atoms with Gasteiger partial charge in [0.2, 0.25) is 0 Å². The van der Waals surface area contributed by atoms with Crippen LogP contribution >= 0.6 is 24.0 Å². The number of piperidine rings is 1. The van der Waals surface area contributed by atoms with Crippen molar-refractivity contribution < 1.29 is 4.74 Å². The van der Waals surface area contributed by atoms with Crippen molar-refractivity contribution >= 4 is 29.9 Å². The Bertz CT molecular complexity index is 757. The number of halogens is 1. The summed E-state index contributed by atoms with van der Waals surface area (Å²) in [4.78, 5) is 9.43. The molecule has 0 radical (unpaired) electrons. The molecule has 30 heavy (non-hydrogen) atoms. The molecule has 0 amide bonds. The van der Waals surface area contributed by atoms with E-state index in [1.807, 2.05) is 30.3 Å². The molecule has 0 bridgehead atoms. The summed E-state index contributed by atoms with van der Waals surface area (Å²) >= 11 is 0. The zero-order valence-corrected chi connectivity index (χ0v) is 20.7. The van der Waals surface area contributed by atoms with Gasteiger partial charge in [-0.1, -0.05) is 42.5 Å². The molecule has 0 aliphatic carbocycles. The standard InChI is InChI=1S/C24H34N4O.HI/c1-4-25-24(26-18-20-10-12-21(13-11-20)19-27(2)3)28-16-14-23(15-17-28)29-22-8-6-5-7-9-22;/h5-13,23H,4,14-19H2,1-3H3,(H,25,26);1H. The van der Waals surface area contributed by atoms with Gasteiger partial charge in [0.15, 0.2) is 5.96 Å². The molecule has 1 aliphatic rings. The van der Waals surface area contributed by atoms with Gasteiger partial charge in [-0.3, -0.25) is 0 Å². The number of aliphatic imine (C=N–C) groups is 1. The van der Waals surface area contributed by atoms with Crippen molar-refractivity contribution in [2.24, 2.45) is 4.99 Å². The predicted molar refractivity (Wildman–Crippen MR) is 136 cm³/mol. The summed E-state index contributed by atoms with van der Waals surface area (Å²) in [6, 6.07) is 18.9. The summed E-state index contributed by atoms with van der Waals surface area (Å²) in [5.74, 6) is 1.97. The molecule has 2 aromatic rings. The minimum absolute atomic E-state index is 0. The third-order valence-corrected chi connectivity index (χ3v) is 5.06. The van der Waals surface area contributed by atoms with E-state index < -0.39 is 0 Å². The smallest absolute Gasteiger partial charge is 0.194 e. The minimum Gasteiger partial charge on any atom is -0.490 e. The number of nitrogens with one attached hydrogen (secondary N) is 1. The van der Waals surface area contributed by atoms with Gasteiger partial charge in [0.25, 0.3) is 0 Å². The summed E-state index contributed by atoms with van der Waals surface area (Å²) in [6.07, 6.45) is 2.30.